The zero-order valence-corrected chi connectivity index (χ0v) is 35.3. The Morgan fingerprint density at radius 1 is 0.949 bits per heavy atom. The lowest BCUT2D eigenvalue weighted by Crippen LogP contribution is -2.59. The molecule has 59 heavy (non-hydrogen) atoms. The third kappa shape index (κ3) is 7.84. The number of rotatable bonds is 9. The van der Waals surface area contributed by atoms with Crippen molar-refractivity contribution in [3.8, 4) is 0 Å². The van der Waals surface area contributed by atoms with Gasteiger partial charge in [-0.15, -0.1) is 0 Å². The maximum atomic E-state index is 13.6. The van der Waals surface area contributed by atoms with Crippen LogP contribution in [0.1, 0.15) is 112 Å². The van der Waals surface area contributed by atoms with E-state index in [-0.39, 0.29) is 60.5 Å². The van der Waals surface area contributed by atoms with Crippen molar-refractivity contribution in [3.05, 3.63) is 48.3 Å². The second kappa shape index (κ2) is 15.7. The van der Waals surface area contributed by atoms with E-state index in [9.17, 15) is 14.7 Å². The van der Waals surface area contributed by atoms with Gasteiger partial charge in [-0.05, 0) is 49.0 Å². The molecule has 2 bridgehead atoms. The summed E-state index contributed by atoms with van der Waals surface area (Å²) in [4.78, 5) is 24.5. The van der Waals surface area contributed by atoms with E-state index in [1.807, 2.05) is 25.2 Å². The van der Waals surface area contributed by atoms with Crippen molar-refractivity contribution in [2.75, 3.05) is 6.54 Å². The highest BCUT2D eigenvalue weighted by atomic mass is 16.8. The number of piperidine rings is 1. The molecule has 0 saturated carbocycles. The summed E-state index contributed by atoms with van der Waals surface area (Å²) in [5.74, 6) is -2.61. The molecule has 0 aromatic carbocycles. The fraction of sp³-hybridized carbons (Fsp3) is 0.783. The first kappa shape index (κ1) is 41.9. The van der Waals surface area contributed by atoms with Crippen LogP contribution in [0.5, 0.6) is 0 Å². The Kier molecular flexibility index (Phi) is 11.2. The Morgan fingerprint density at radius 2 is 1.76 bits per heavy atom. The standard InChI is InChI=1S/C46H65NO12/c1-25-17-37-42-38(23-45(58-42)28(4)16-26(2)24-47-45)56-44(21-25,55-37)22-27(3)41-30(6)32(48)19-35(53-41)40(51)36-20-34-33(52-36)18-29(5)46(57-34)15-14-43(59-46)13-9-11-31(54-43)10-7-8-12-39(49)50/h7,9-11,19,25-26,28-31,33-34,36-38,40-42,47,51H,3,8,12-18,20-24H2,1-2,4-6H3,(H,49,50). The van der Waals surface area contributed by atoms with Gasteiger partial charge in [0.1, 0.15) is 29.8 Å². The van der Waals surface area contributed by atoms with Crippen molar-refractivity contribution in [3.63, 3.8) is 0 Å². The first-order chi connectivity index (χ1) is 28.1. The van der Waals surface area contributed by atoms with E-state index in [1.165, 1.54) is 6.08 Å². The van der Waals surface area contributed by atoms with Crippen LogP contribution >= 0.6 is 0 Å². The van der Waals surface area contributed by atoms with E-state index in [2.05, 4.69) is 45.7 Å². The Labute approximate surface area is 348 Å². The van der Waals surface area contributed by atoms with Crippen molar-refractivity contribution < 1.29 is 57.7 Å². The van der Waals surface area contributed by atoms with Gasteiger partial charge in [0.15, 0.2) is 23.1 Å². The van der Waals surface area contributed by atoms with Crippen molar-refractivity contribution in [1.82, 2.24) is 5.32 Å². The molecule has 9 aliphatic heterocycles. The molecule has 13 nitrogen and oxygen atoms in total. The molecule has 9 heterocycles. The summed E-state index contributed by atoms with van der Waals surface area (Å²) in [5.41, 5.74) is 0.282. The number of carboxylic acid groups (broad SMARTS) is 1. The molecule has 0 aliphatic carbocycles. The number of carbonyl (C=O) groups excluding carboxylic acids is 1. The highest BCUT2D eigenvalue weighted by Gasteiger charge is 2.63. The predicted molar refractivity (Wildman–Crippen MR) is 213 cm³/mol. The number of aliphatic carboxylic acids is 1. The van der Waals surface area contributed by atoms with E-state index in [0.29, 0.717) is 74.7 Å². The van der Waals surface area contributed by atoms with Gasteiger partial charge in [-0.2, -0.15) is 0 Å². The third-order valence-electron chi connectivity index (χ3n) is 15.0. The van der Waals surface area contributed by atoms with Gasteiger partial charge in [0.2, 0.25) is 0 Å². The average molecular weight is 824 g/mol. The molecule has 0 amide bonds. The summed E-state index contributed by atoms with van der Waals surface area (Å²) >= 11 is 0. The van der Waals surface area contributed by atoms with Gasteiger partial charge < -0.3 is 48.1 Å². The quantitative estimate of drug-likeness (QED) is 0.233. The minimum Gasteiger partial charge on any atom is -0.487 e. The fourth-order valence-electron chi connectivity index (χ4n) is 11.9. The highest BCUT2D eigenvalue weighted by Crippen LogP contribution is 2.55. The van der Waals surface area contributed by atoms with E-state index in [1.54, 1.807) is 0 Å². The first-order valence-electron chi connectivity index (χ1n) is 22.4. The third-order valence-corrected chi connectivity index (χ3v) is 15.0. The number of aliphatic hydroxyl groups excluding tert-OH is 1. The average Bonchev–Trinajstić information content (AvgIpc) is 3.86. The molecule has 0 radical (unpaired) electrons. The van der Waals surface area contributed by atoms with Gasteiger partial charge in [-0.3, -0.25) is 14.9 Å². The molecular formula is C46H65NO12. The Hall–Kier alpha value is -2.46. The number of carbonyl (C=O) groups is 2. The number of fused-ring (bicyclic) bond motifs is 5. The predicted octanol–water partition coefficient (Wildman–Crippen LogP) is 5.99. The molecule has 3 spiro atoms. The molecule has 0 aromatic heterocycles. The lowest BCUT2D eigenvalue weighted by Gasteiger charge is -2.52. The van der Waals surface area contributed by atoms with Crippen molar-refractivity contribution >= 4 is 11.8 Å². The lowest BCUT2D eigenvalue weighted by atomic mass is 9.79. The van der Waals surface area contributed by atoms with Gasteiger partial charge in [0.25, 0.3) is 0 Å². The second-order valence-corrected chi connectivity index (χ2v) is 19.8. The van der Waals surface area contributed by atoms with E-state index < -0.39 is 53.3 Å². The Balaban J connectivity index is 0.834. The highest BCUT2D eigenvalue weighted by molar-refractivity contribution is 5.93. The molecule has 18 atom stereocenters. The van der Waals surface area contributed by atoms with Crippen molar-refractivity contribution in [1.29, 1.82) is 0 Å². The summed E-state index contributed by atoms with van der Waals surface area (Å²) in [7, 11) is 0. The summed E-state index contributed by atoms with van der Waals surface area (Å²) in [6.07, 6.45) is 12.7. The molecule has 9 aliphatic rings. The molecule has 18 unspecified atom stereocenters. The number of hydrogen-bond donors (Lipinski definition) is 3. The zero-order valence-electron chi connectivity index (χ0n) is 35.3. The van der Waals surface area contributed by atoms with Gasteiger partial charge in [-0.1, -0.05) is 65.5 Å². The maximum absolute atomic E-state index is 13.6. The van der Waals surface area contributed by atoms with Crippen LogP contribution in [0.2, 0.25) is 0 Å². The van der Waals surface area contributed by atoms with Crippen LogP contribution in [0.4, 0.5) is 0 Å². The molecule has 3 N–H and O–H groups in total. The van der Waals surface area contributed by atoms with Gasteiger partial charge in [0, 0.05) is 69.9 Å². The van der Waals surface area contributed by atoms with E-state index in [0.717, 1.165) is 25.8 Å². The van der Waals surface area contributed by atoms with Crippen LogP contribution in [0.15, 0.2) is 48.3 Å². The fourth-order valence-corrected chi connectivity index (χ4v) is 11.9. The molecule has 326 valence electrons. The Morgan fingerprint density at radius 3 is 2.56 bits per heavy atom. The minimum absolute atomic E-state index is 0.00769. The maximum Gasteiger partial charge on any atom is 0.303 e. The smallest absolute Gasteiger partial charge is 0.303 e. The molecule has 0 aromatic rings. The number of ketones is 1. The molecule has 7 fully saturated rings. The summed E-state index contributed by atoms with van der Waals surface area (Å²) in [5, 5.41) is 24.6. The van der Waals surface area contributed by atoms with Gasteiger partial charge >= 0.3 is 5.97 Å². The normalized spacial score (nSPS) is 49.6. The summed E-state index contributed by atoms with van der Waals surface area (Å²) in [6.45, 7) is 16.1. The van der Waals surface area contributed by atoms with Crippen molar-refractivity contribution in [2.45, 2.75) is 190 Å². The Bertz CT molecular complexity index is 1750. The lowest BCUT2D eigenvalue weighted by molar-refractivity contribution is -0.365. The first-order valence-corrected chi connectivity index (χ1v) is 22.4. The van der Waals surface area contributed by atoms with Crippen molar-refractivity contribution in [2.24, 2.45) is 29.6 Å². The van der Waals surface area contributed by atoms with E-state index in [4.69, 9.17) is 43.0 Å². The number of nitrogens with one attached hydrogen (secondary N) is 1. The number of aliphatic hydroxyl groups is 1. The second-order valence-electron chi connectivity index (χ2n) is 19.8. The van der Waals surface area contributed by atoms with E-state index >= 15 is 0 Å². The van der Waals surface area contributed by atoms with Crippen LogP contribution < -0.4 is 5.32 Å². The topological polar surface area (TPSA) is 160 Å². The number of ether oxygens (including phenoxy) is 8. The van der Waals surface area contributed by atoms with Gasteiger partial charge in [-0.25, -0.2) is 0 Å². The van der Waals surface area contributed by atoms with Crippen LogP contribution in [-0.2, 0) is 47.5 Å². The molecule has 7 saturated heterocycles. The monoisotopic (exact) mass is 823 g/mol. The molecule has 13 heteroatoms. The van der Waals surface area contributed by atoms with Crippen LogP contribution in [0.3, 0.4) is 0 Å². The van der Waals surface area contributed by atoms with Crippen LogP contribution in [0, 0.1) is 29.6 Å². The largest absolute Gasteiger partial charge is 0.487 e. The number of allylic oxidation sites excluding steroid dienone is 2. The van der Waals surface area contributed by atoms with Crippen LogP contribution in [0.25, 0.3) is 0 Å². The van der Waals surface area contributed by atoms with Gasteiger partial charge in [0.05, 0.1) is 42.5 Å². The number of carboxylic acids is 1. The number of hydrogen-bond acceptors (Lipinski definition) is 12. The molecule has 9 rings (SSSR count). The minimum atomic E-state index is -1.18. The summed E-state index contributed by atoms with van der Waals surface area (Å²) in [6, 6.07) is 0. The van der Waals surface area contributed by atoms with Crippen LogP contribution in [-0.4, -0.2) is 107 Å². The zero-order chi connectivity index (χ0) is 41.5. The SMILES string of the molecule is C=C(CC12CC(C)CC(O1)C1OC3(CC1O2)NCC(C)CC3C)C1OC(C(O)C2CC3OC4(CCC5(CC=CC(C=CCCC(=O)O)O5)O4)C(C)CC3O2)=CC(=O)C1C. The summed E-state index contributed by atoms with van der Waals surface area (Å²) < 4.78 is 53.7. The molecular weight excluding hydrogens is 759 g/mol.